The van der Waals surface area contributed by atoms with Gasteiger partial charge < -0.3 is 20.9 Å². The first-order chi connectivity index (χ1) is 20.9. The Bertz CT molecular complexity index is 1440. The molecule has 234 valence electrons. The molecule has 2 fully saturated rings. The van der Waals surface area contributed by atoms with Crippen molar-refractivity contribution in [1.82, 2.24) is 9.80 Å². The molecule has 0 atom stereocenters. The van der Waals surface area contributed by atoms with Gasteiger partial charge in [0.25, 0.3) is 5.91 Å². The van der Waals surface area contributed by atoms with Gasteiger partial charge in [0.05, 0.1) is 5.56 Å². The number of nitrogen functional groups attached to an aromatic ring is 1. The van der Waals surface area contributed by atoms with Crippen LogP contribution in [-0.2, 0) is 6.18 Å². The van der Waals surface area contributed by atoms with Gasteiger partial charge in [-0.2, -0.15) is 13.2 Å². The van der Waals surface area contributed by atoms with E-state index in [0.717, 1.165) is 81.7 Å². The number of benzene rings is 3. The van der Waals surface area contributed by atoms with Gasteiger partial charge in [0.15, 0.2) is 11.6 Å². The number of carbonyl (C=O) groups is 3. The molecule has 0 radical (unpaired) electrons. The van der Waals surface area contributed by atoms with Gasteiger partial charge in [0, 0.05) is 39.9 Å². The first-order valence-electron chi connectivity index (χ1n) is 14.8. The van der Waals surface area contributed by atoms with E-state index in [1.165, 1.54) is 0 Å². The fourth-order valence-electron chi connectivity index (χ4n) is 5.47. The maximum Gasteiger partial charge on any atom is 0.416 e. The number of hydrogen-bond acceptors (Lipinski definition) is 6. The van der Waals surface area contributed by atoms with Gasteiger partial charge in [0.1, 0.15) is 0 Å². The standard InChI is InChI=1S/C21H21F3N2O2.C13H18N2O/c1-26-11-9-14(10-12-26)19(27)16-3-2-4-18(13-16)25-20(28)15-5-7-17(8-6-15)21(22,23)24;1-15-7-5-10(6-8-15)13(16)11-3-2-4-12(14)9-11/h2-8,13-14H,9-12H2,1H3,(H,25,28);2-4,9-10H,5-8,14H2,1H3. The lowest BCUT2D eigenvalue weighted by Crippen LogP contribution is -2.33. The third kappa shape index (κ3) is 9.00. The lowest BCUT2D eigenvalue weighted by atomic mass is 9.89. The van der Waals surface area contributed by atoms with Gasteiger partial charge in [-0.25, -0.2) is 0 Å². The zero-order valence-electron chi connectivity index (χ0n) is 25.1. The molecule has 2 aliphatic rings. The quantitative estimate of drug-likeness (QED) is 0.253. The van der Waals surface area contributed by atoms with E-state index in [2.05, 4.69) is 22.2 Å². The number of likely N-dealkylation sites (tertiary alicyclic amines) is 2. The number of Topliss-reactive ketones (excluding diaryl/α,β-unsaturated/α-hetero) is 2. The summed E-state index contributed by atoms with van der Waals surface area (Å²) in [7, 11) is 4.12. The van der Waals surface area contributed by atoms with Crippen LogP contribution in [0.5, 0.6) is 0 Å². The number of amides is 1. The second-order valence-electron chi connectivity index (χ2n) is 11.6. The summed E-state index contributed by atoms with van der Waals surface area (Å²) in [6, 6.07) is 18.0. The summed E-state index contributed by atoms with van der Waals surface area (Å²) < 4.78 is 37.9. The van der Waals surface area contributed by atoms with Crippen LogP contribution in [0.2, 0.25) is 0 Å². The third-order valence-electron chi connectivity index (χ3n) is 8.23. The molecule has 0 unspecified atom stereocenters. The minimum atomic E-state index is -4.45. The van der Waals surface area contributed by atoms with Crippen LogP contribution in [0.1, 0.15) is 62.3 Å². The van der Waals surface area contributed by atoms with Crippen LogP contribution in [0.25, 0.3) is 0 Å². The van der Waals surface area contributed by atoms with Gasteiger partial charge >= 0.3 is 6.18 Å². The van der Waals surface area contributed by atoms with Crippen molar-refractivity contribution < 1.29 is 27.6 Å². The van der Waals surface area contributed by atoms with Crippen LogP contribution < -0.4 is 11.1 Å². The van der Waals surface area contributed by atoms with Crippen molar-refractivity contribution in [1.29, 1.82) is 0 Å². The van der Waals surface area contributed by atoms with E-state index in [1.807, 2.05) is 25.2 Å². The number of piperidine rings is 2. The number of halogens is 3. The van der Waals surface area contributed by atoms with Crippen molar-refractivity contribution in [2.45, 2.75) is 31.9 Å². The number of rotatable bonds is 6. The highest BCUT2D eigenvalue weighted by Gasteiger charge is 2.30. The van der Waals surface area contributed by atoms with Crippen LogP contribution in [0.4, 0.5) is 24.5 Å². The zero-order valence-corrected chi connectivity index (χ0v) is 25.1. The molecule has 2 aliphatic heterocycles. The second-order valence-corrected chi connectivity index (χ2v) is 11.6. The number of alkyl halides is 3. The molecule has 1 amide bonds. The molecule has 44 heavy (non-hydrogen) atoms. The fraction of sp³-hybridized carbons (Fsp3) is 0.382. The Morgan fingerprint density at radius 2 is 1.18 bits per heavy atom. The number of nitrogens with one attached hydrogen (secondary N) is 1. The monoisotopic (exact) mass is 608 g/mol. The van der Waals surface area contributed by atoms with E-state index in [-0.39, 0.29) is 29.0 Å². The highest BCUT2D eigenvalue weighted by Crippen LogP contribution is 2.29. The zero-order chi connectivity index (χ0) is 31.9. The van der Waals surface area contributed by atoms with E-state index in [0.29, 0.717) is 16.9 Å². The van der Waals surface area contributed by atoms with Gasteiger partial charge in [-0.05, 0) is 114 Å². The van der Waals surface area contributed by atoms with E-state index in [4.69, 9.17) is 5.73 Å². The molecule has 7 nitrogen and oxygen atoms in total. The Kier molecular flexibility index (Phi) is 10.9. The average Bonchev–Trinajstić information content (AvgIpc) is 3.01. The average molecular weight is 609 g/mol. The van der Waals surface area contributed by atoms with Crippen molar-refractivity contribution in [3.05, 3.63) is 95.1 Å². The minimum absolute atomic E-state index is 0.0305. The van der Waals surface area contributed by atoms with E-state index < -0.39 is 17.6 Å². The van der Waals surface area contributed by atoms with Crippen LogP contribution in [0.3, 0.4) is 0 Å². The Balaban J connectivity index is 0.000000233. The summed E-state index contributed by atoms with van der Waals surface area (Å²) in [5.74, 6) is -0.0770. The SMILES string of the molecule is CN1CCC(C(=O)c2cccc(N)c2)CC1.CN1CCC(C(=O)c2cccc(NC(=O)c3ccc(C(F)(F)F)cc3)c2)CC1. The Morgan fingerprint density at radius 3 is 1.66 bits per heavy atom. The fourth-order valence-corrected chi connectivity index (χ4v) is 5.47. The van der Waals surface area contributed by atoms with Gasteiger partial charge in [-0.15, -0.1) is 0 Å². The summed E-state index contributed by atoms with van der Waals surface area (Å²) in [5, 5.41) is 2.64. The summed E-state index contributed by atoms with van der Waals surface area (Å²) in [6.07, 6.45) is -0.916. The maximum absolute atomic E-state index is 12.7. The van der Waals surface area contributed by atoms with Crippen LogP contribution in [0, 0.1) is 11.8 Å². The first-order valence-corrected chi connectivity index (χ1v) is 14.8. The highest BCUT2D eigenvalue weighted by atomic mass is 19.4. The smallest absolute Gasteiger partial charge is 0.399 e. The lowest BCUT2D eigenvalue weighted by molar-refractivity contribution is -0.137. The summed E-state index contributed by atoms with van der Waals surface area (Å²) in [4.78, 5) is 41.7. The van der Waals surface area contributed by atoms with Gasteiger partial charge in [0.2, 0.25) is 0 Å². The predicted molar refractivity (Wildman–Crippen MR) is 166 cm³/mol. The summed E-state index contributed by atoms with van der Waals surface area (Å²) in [5.41, 5.74) is 7.37. The van der Waals surface area contributed by atoms with Crippen molar-refractivity contribution >= 4 is 28.8 Å². The van der Waals surface area contributed by atoms with E-state index in [9.17, 15) is 27.6 Å². The molecule has 2 heterocycles. The molecule has 2 saturated heterocycles. The molecule has 10 heteroatoms. The molecule has 0 aliphatic carbocycles. The number of hydrogen-bond donors (Lipinski definition) is 2. The molecule has 0 saturated carbocycles. The topological polar surface area (TPSA) is 95.7 Å². The number of nitrogens with two attached hydrogens (primary N) is 1. The summed E-state index contributed by atoms with van der Waals surface area (Å²) >= 11 is 0. The van der Waals surface area contributed by atoms with Crippen molar-refractivity contribution in [2.75, 3.05) is 51.3 Å². The Morgan fingerprint density at radius 1 is 0.705 bits per heavy atom. The van der Waals surface area contributed by atoms with Crippen LogP contribution in [0.15, 0.2) is 72.8 Å². The predicted octanol–water partition coefficient (Wildman–Crippen LogP) is 6.28. The van der Waals surface area contributed by atoms with Gasteiger partial charge in [-0.1, -0.05) is 24.3 Å². The normalized spacial score (nSPS) is 16.9. The Hall–Kier alpha value is -4.02. The van der Waals surface area contributed by atoms with Crippen molar-refractivity contribution in [2.24, 2.45) is 11.8 Å². The van der Waals surface area contributed by atoms with Gasteiger partial charge in [-0.3, -0.25) is 14.4 Å². The molecule has 3 aromatic carbocycles. The van der Waals surface area contributed by atoms with E-state index in [1.54, 1.807) is 30.3 Å². The number of nitrogens with zero attached hydrogens (tertiary/aromatic N) is 2. The van der Waals surface area contributed by atoms with E-state index >= 15 is 0 Å². The van der Waals surface area contributed by atoms with Crippen molar-refractivity contribution in [3.63, 3.8) is 0 Å². The number of anilines is 2. The molecular weight excluding hydrogens is 569 g/mol. The molecular formula is C34H39F3N4O3. The van der Waals surface area contributed by atoms with Crippen molar-refractivity contribution in [3.8, 4) is 0 Å². The second kappa shape index (κ2) is 14.6. The molecule has 5 rings (SSSR count). The first kappa shape index (κ1) is 32.9. The Labute approximate surface area is 256 Å². The number of ketones is 2. The molecule has 0 aromatic heterocycles. The largest absolute Gasteiger partial charge is 0.416 e. The lowest BCUT2D eigenvalue weighted by Gasteiger charge is -2.28. The molecule has 3 aromatic rings. The number of carbonyl (C=O) groups excluding carboxylic acids is 3. The molecule has 0 spiro atoms. The maximum atomic E-state index is 12.7. The molecule has 3 N–H and O–H groups in total. The third-order valence-corrected chi connectivity index (χ3v) is 8.23. The highest BCUT2D eigenvalue weighted by molar-refractivity contribution is 6.05. The minimum Gasteiger partial charge on any atom is -0.399 e. The summed E-state index contributed by atoms with van der Waals surface area (Å²) in [6.45, 7) is 3.78. The van der Waals surface area contributed by atoms with Crippen LogP contribution in [-0.4, -0.2) is 67.5 Å². The van der Waals surface area contributed by atoms with Crippen LogP contribution >= 0.6 is 0 Å². The molecule has 0 bridgehead atoms.